The van der Waals surface area contributed by atoms with Gasteiger partial charge in [-0.25, -0.2) is 0 Å². The third-order valence-electron chi connectivity index (χ3n) is 2.04. The van der Waals surface area contributed by atoms with Crippen LogP contribution in [0.15, 0.2) is 36.4 Å². The molecule has 0 aliphatic rings. The molecule has 90 valence electrons. The van der Waals surface area contributed by atoms with Gasteiger partial charge in [0.25, 0.3) is 5.97 Å². The molecule has 0 unspecified atom stereocenters. The van der Waals surface area contributed by atoms with E-state index in [1.54, 1.807) is 19.2 Å². The molecule has 17 heavy (non-hydrogen) atoms. The highest BCUT2D eigenvalue weighted by Gasteiger charge is 2.00. The van der Waals surface area contributed by atoms with Crippen molar-refractivity contribution in [3.63, 3.8) is 0 Å². The largest absolute Gasteiger partial charge is 0.508 e. The Morgan fingerprint density at radius 3 is 2.47 bits per heavy atom. The molecule has 2 N–H and O–H groups in total. The SMILES string of the molecule is CC(=O)O.COc1cccc2cc(O)ccc12. The second kappa shape index (κ2) is 5.75. The average Bonchev–Trinajstić information content (AvgIpc) is 2.27. The Bertz CT molecular complexity index is 516. The number of ether oxygens (including phenoxy) is 1. The lowest BCUT2D eigenvalue weighted by molar-refractivity contribution is -0.134. The molecule has 0 aliphatic heterocycles. The van der Waals surface area contributed by atoms with Crippen molar-refractivity contribution in [3.05, 3.63) is 36.4 Å². The zero-order chi connectivity index (χ0) is 12.8. The first-order valence-corrected chi connectivity index (χ1v) is 5.00. The number of methoxy groups -OCH3 is 1. The van der Waals surface area contributed by atoms with Crippen LogP contribution < -0.4 is 4.74 Å². The van der Waals surface area contributed by atoms with Crippen LogP contribution in [0.2, 0.25) is 0 Å². The van der Waals surface area contributed by atoms with Gasteiger partial charge in [-0.1, -0.05) is 12.1 Å². The number of rotatable bonds is 1. The molecule has 2 aromatic carbocycles. The molecule has 0 radical (unpaired) electrons. The van der Waals surface area contributed by atoms with Crippen molar-refractivity contribution < 1.29 is 19.7 Å². The molecule has 0 amide bonds. The molecule has 0 aromatic heterocycles. The predicted octanol–water partition coefficient (Wildman–Crippen LogP) is 2.64. The van der Waals surface area contributed by atoms with E-state index in [-0.39, 0.29) is 5.75 Å². The van der Waals surface area contributed by atoms with Gasteiger partial charge < -0.3 is 14.9 Å². The van der Waals surface area contributed by atoms with E-state index in [9.17, 15) is 5.11 Å². The normalized spacial score (nSPS) is 9.29. The summed E-state index contributed by atoms with van der Waals surface area (Å²) in [5, 5.41) is 18.7. The molecule has 0 fully saturated rings. The Morgan fingerprint density at radius 1 is 1.24 bits per heavy atom. The molecule has 4 nitrogen and oxygen atoms in total. The van der Waals surface area contributed by atoms with Crippen LogP contribution in [0.3, 0.4) is 0 Å². The number of carbonyl (C=O) groups is 1. The second-order valence-electron chi connectivity index (χ2n) is 3.38. The number of fused-ring (bicyclic) bond motifs is 1. The van der Waals surface area contributed by atoms with Gasteiger partial charge in [-0.3, -0.25) is 4.79 Å². The number of phenols is 1. The summed E-state index contributed by atoms with van der Waals surface area (Å²) in [4.78, 5) is 9.00. The van der Waals surface area contributed by atoms with Crippen LogP contribution >= 0.6 is 0 Å². The van der Waals surface area contributed by atoms with Crippen LogP contribution in [-0.4, -0.2) is 23.3 Å². The molecule has 0 saturated heterocycles. The topological polar surface area (TPSA) is 66.8 Å². The molecule has 2 aromatic rings. The number of carboxylic acids is 1. The number of carboxylic acid groups (broad SMARTS) is 1. The maximum absolute atomic E-state index is 9.25. The van der Waals surface area contributed by atoms with E-state index < -0.39 is 5.97 Å². The first kappa shape index (κ1) is 12.8. The minimum Gasteiger partial charge on any atom is -0.508 e. The maximum atomic E-state index is 9.25. The lowest BCUT2D eigenvalue weighted by atomic mass is 10.1. The third kappa shape index (κ3) is 3.68. The van der Waals surface area contributed by atoms with Crippen LogP contribution in [0, 0.1) is 0 Å². The van der Waals surface area contributed by atoms with E-state index in [1.807, 2.05) is 24.3 Å². The van der Waals surface area contributed by atoms with Crippen LogP contribution in [0.5, 0.6) is 11.5 Å². The van der Waals surface area contributed by atoms with Crippen molar-refractivity contribution >= 4 is 16.7 Å². The van der Waals surface area contributed by atoms with E-state index >= 15 is 0 Å². The highest BCUT2D eigenvalue weighted by atomic mass is 16.5. The van der Waals surface area contributed by atoms with Gasteiger partial charge in [-0.15, -0.1) is 0 Å². The molecule has 4 heteroatoms. The summed E-state index contributed by atoms with van der Waals surface area (Å²) in [6.07, 6.45) is 0. The van der Waals surface area contributed by atoms with Gasteiger partial charge in [0.15, 0.2) is 0 Å². The number of hydrogen-bond donors (Lipinski definition) is 2. The summed E-state index contributed by atoms with van der Waals surface area (Å²) in [6.45, 7) is 1.08. The Balaban J connectivity index is 0.000000317. The smallest absolute Gasteiger partial charge is 0.300 e. The zero-order valence-electron chi connectivity index (χ0n) is 9.68. The molecule has 0 aliphatic carbocycles. The van der Waals surface area contributed by atoms with Crippen molar-refractivity contribution in [2.45, 2.75) is 6.92 Å². The maximum Gasteiger partial charge on any atom is 0.300 e. The number of phenolic OH excluding ortho intramolecular Hbond substituents is 1. The van der Waals surface area contributed by atoms with E-state index in [0.29, 0.717) is 0 Å². The van der Waals surface area contributed by atoms with Crippen molar-refractivity contribution in [1.29, 1.82) is 0 Å². The van der Waals surface area contributed by atoms with E-state index in [0.717, 1.165) is 23.4 Å². The highest BCUT2D eigenvalue weighted by Crippen LogP contribution is 2.27. The first-order chi connectivity index (χ1) is 8.04. The Labute approximate surface area is 99.1 Å². The standard InChI is InChI=1S/C11H10O2.C2H4O2/c1-13-11-4-2-3-8-7-9(12)5-6-10(8)11;1-2(3)4/h2-7,12H,1H3;1H3,(H,3,4). The summed E-state index contributed by atoms with van der Waals surface area (Å²) in [5.41, 5.74) is 0. The Hall–Kier alpha value is -2.23. The molecule has 2 rings (SSSR count). The van der Waals surface area contributed by atoms with Crippen molar-refractivity contribution in [2.24, 2.45) is 0 Å². The van der Waals surface area contributed by atoms with Crippen molar-refractivity contribution in [1.82, 2.24) is 0 Å². The van der Waals surface area contributed by atoms with Gasteiger partial charge >= 0.3 is 0 Å². The van der Waals surface area contributed by atoms with Crippen LogP contribution in [0.25, 0.3) is 10.8 Å². The monoisotopic (exact) mass is 234 g/mol. The second-order valence-corrected chi connectivity index (χ2v) is 3.38. The summed E-state index contributed by atoms with van der Waals surface area (Å²) >= 11 is 0. The quantitative estimate of drug-likeness (QED) is 0.796. The highest BCUT2D eigenvalue weighted by molar-refractivity contribution is 5.89. The summed E-state index contributed by atoms with van der Waals surface area (Å²) in [7, 11) is 1.64. The van der Waals surface area contributed by atoms with Crippen LogP contribution in [0.1, 0.15) is 6.92 Å². The summed E-state index contributed by atoms with van der Waals surface area (Å²) < 4.78 is 5.19. The fraction of sp³-hybridized carbons (Fsp3) is 0.154. The van der Waals surface area contributed by atoms with Gasteiger partial charge in [0.2, 0.25) is 0 Å². The molecule has 0 bridgehead atoms. The molecular formula is C13H14O4. The lowest BCUT2D eigenvalue weighted by Crippen LogP contribution is -1.83. The first-order valence-electron chi connectivity index (χ1n) is 5.00. The Morgan fingerprint density at radius 2 is 1.88 bits per heavy atom. The summed E-state index contributed by atoms with van der Waals surface area (Å²) in [6, 6.07) is 11.0. The van der Waals surface area contributed by atoms with E-state index in [1.165, 1.54) is 0 Å². The van der Waals surface area contributed by atoms with Gasteiger partial charge in [0.1, 0.15) is 11.5 Å². The van der Waals surface area contributed by atoms with E-state index in [2.05, 4.69) is 0 Å². The summed E-state index contributed by atoms with van der Waals surface area (Å²) in [5.74, 6) is 0.276. The van der Waals surface area contributed by atoms with Gasteiger partial charge in [-0.05, 0) is 29.7 Å². The van der Waals surface area contributed by atoms with Crippen LogP contribution in [0.4, 0.5) is 0 Å². The van der Waals surface area contributed by atoms with Gasteiger partial charge in [-0.2, -0.15) is 0 Å². The third-order valence-corrected chi connectivity index (χ3v) is 2.04. The van der Waals surface area contributed by atoms with Crippen molar-refractivity contribution in [3.8, 4) is 11.5 Å². The number of aliphatic carboxylic acids is 1. The number of aromatic hydroxyl groups is 1. The minimum absolute atomic E-state index is 0.278. The fourth-order valence-corrected chi connectivity index (χ4v) is 1.42. The molecule has 0 spiro atoms. The molecule has 0 atom stereocenters. The molecule has 0 saturated carbocycles. The zero-order valence-corrected chi connectivity index (χ0v) is 9.68. The predicted molar refractivity (Wildman–Crippen MR) is 65.5 cm³/mol. The van der Waals surface area contributed by atoms with Gasteiger partial charge in [0, 0.05) is 12.3 Å². The lowest BCUT2D eigenvalue weighted by Gasteiger charge is -2.04. The average molecular weight is 234 g/mol. The number of hydrogen-bond acceptors (Lipinski definition) is 3. The fourth-order valence-electron chi connectivity index (χ4n) is 1.42. The van der Waals surface area contributed by atoms with E-state index in [4.69, 9.17) is 14.6 Å². The van der Waals surface area contributed by atoms with Crippen molar-refractivity contribution in [2.75, 3.05) is 7.11 Å². The molecule has 0 heterocycles. The van der Waals surface area contributed by atoms with Gasteiger partial charge in [0.05, 0.1) is 7.11 Å². The molecular weight excluding hydrogens is 220 g/mol. The number of benzene rings is 2. The minimum atomic E-state index is -0.833. The van der Waals surface area contributed by atoms with Crippen LogP contribution in [-0.2, 0) is 4.79 Å². The Kier molecular flexibility index (Phi) is 4.34.